The number of hydrogen-bond acceptors (Lipinski definition) is 6. The molecule has 1 unspecified atom stereocenters. The second-order valence-corrected chi connectivity index (χ2v) is 6.31. The Balaban J connectivity index is 1.99. The van der Waals surface area contributed by atoms with Gasteiger partial charge in [0.2, 0.25) is 0 Å². The quantitative estimate of drug-likeness (QED) is 0.413. The summed E-state index contributed by atoms with van der Waals surface area (Å²) < 4.78 is 58.3. The normalized spacial score (nSPS) is 12.6. The van der Waals surface area contributed by atoms with Crippen molar-refractivity contribution in [2.75, 3.05) is 18.5 Å². The first-order valence-corrected chi connectivity index (χ1v) is 8.68. The van der Waals surface area contributed by atoms with Gasteiger partial charge in [0.25, 0.3) is 0 Å². The number of nitrogens with zero attached hydrogens (tertiary/aromatic N) is 1. The number of aliphatic hydroxyl groups excluding tert-OH is 2. The number of nitrogens with one attached hydrogen (secondary N) is 1. The fourth-order valence-corrected chi connectivity index (χ4v) is 2.76. The lowest BCUT2D eigenvalue weighted by Gasteiger charge is -2.16. The number of benzene rings is 2. The van der Waals surface area contributed by atoms with Gasteiger partial charge in [0.15, 0.2) is 0 Å². The molecule has 1 heterocycles. The number of hydrogen-bond donors (Lipinski definition) is 3. The molecule has 30 heavy (non-hydrogen) atoms. The standard InChI is InChI=1S/C20H16F4N2O4/c21-11-4-5-16(14(8-11)19(29)30-10-12(28)9-27)26-17-6-7-25-18-13(17)2-1-3-15(18)20(22,23)24/h1-8,12,27-28H,9-10H2,(H,25,26). The van der Waals surface area contributed by atoms with Crippen LogP contribution in [0.3, 0.4) is 0 Å². The van der Waals surface area contributed by atoms with Gasteiger partial charge in [-0.3, -0.25) is 4.98 Å². The van der Waals surface area contributed by atoms with Gasteiger partial charge in [0, 0.05) is 17.3 Å². The fraction of sp³-hybridized carbons (Fsp3) is 0.200. The highest BCUT2D eigenvalue weighted by Gasteiger charge is 2.33. The van der Waals surface area contributed by atoms with Crippen molar-refractivity contribution in [2.45, 2.75) is 12.3 Å². The van der Waals surface area contributed by atoms with E-state index >= 15 is 0 Å². The Morgan fingerprint density at radius 3 is 2.63 bits per heavy atom. The number of alkyl halides is 3. The Morgan fingerprint density at radius 2 is 1.93 bits per heavy atom. The zero-order chi connectivity index (χ0) is 21.9. The molecule has 3 rings (SSSR count). The van der Waals surface area contributed by atoms with Crippen molar-refractivity contribution in [1.82, 2.24) is 4.98 Å². The minimum absolute atomic E-state index is 0.0739. The van der Waals surface area contributed by atoms with Gasteiger partial charge in [-0.05, 0) is 30.3 Å². The Bertz CT molecular complexity index is 1070. The van der Waals surface area contributed by atoms with E-state index < -0.39 is 42.8 Å². The van der Waals surface area contributed by atoms with Gasteiger partial charge in [-0.15, -0.1) is 0 Å². The van der Waals surface area contributed by atoms with Crippen LogP contribution in [0.15, 0.2) is 48.7 Å². The van der Waals surface area contributed by atoms with Gasteiger partial charge in [0.1, 0.15) is 18.5 Å². The van der Waals surface area contributed by atoms with E-state index in [9.17, 15) is 27.5 Å². The third kappa shape index (κ3) is 4.66. The number of carbonyl (C=O) groups is 1. The average molecular weight is 424 g/mol. The second-order valence-electron chi connectivity index (χ2n) is 6.31. The summed E-state index contributed by atoms with van der Waals surface area (Å²) in [5.41, 5.74) is -1.16. The number of para-hydroxylation sites is 1. The zero-order valence-corrected chi connectivity index (χ0v) is 15.3. The van der Waals surface area contributed by atoms with Crippen LogP contribution < -0.4 is 5.32 Å². The van der Waals surface area contributed by atoms with Crippen LogP contribution in [0.4, 0.5) is 28.9 Å². The molecule has 0 aliphatic heterocycles. The number of aromatic nitrogens is 1. The van der Waals surface area contributed by atoms with Crippen LogP contribution in [0.25, 0.3) is 10.9 Å². The molecule has 0 fully saturated rings. The van der Waals surface area contributed by atoms with Gasteiger partial charge < -0.3 is 20.3 Å². The van der Waals surface area contributed by atoms with Gasteiger partial charge in [-0.25, -0.2) is 9.18 Å². The number of pyridine rings is 1. The van der Waals surface area contributed by atoms with Crippen LogP contribution in [0.2, 0.25) is 0 Å². The molecule has 0 aliphatic rings. The highest BCUT2D eigenvalue weighted by molar-refractivity contribution is 6.00. The van der Waals surface area contributed by atoms with Crippen LogP contribution in [0.1, 0.15) is 15.9 Å². The molecule has 2 aromatic carbocycles. The lowest BCUT2D eigenvalue weighted by molar-refractivity contribution is -0.136. The SMILES string of the molecule is O=C(OCC(O)CO)c1cc(F)ccc1Nc1ccnc2c(C(F)(F)F)cccc12. The van der Waals surface area contributed by atoms with Crippen molar-refractivity contribution in [3.05, 3.63) is 65.6 Å². The van der Waals surface area contributed by atoms with Gasteiger partial charge in [-0.1, -0.05) is 12.1 Å². The van der Waals surface area contributed by atoms with Crippen molar-refractivity contribution < 1.29 is 37.3 Å². The Labute approximate surface area is 167 Å². The summed E-state index contributed by atoms with van der Waals surface area (Å²) in [6, 6.07) is 8.16. The molecule has 0 bridgehead atoms. The second kappa shape index (κ2) is 8.64. The number of anilines is 2. The first kappa shape index (κ1) is 21.5. The lowest BCUT2D eigenvalue weighted by atomic mass is 10.1. The van der Waals surface area contributed by atoms with Crippen LogP contribution in [0.5, 0.6) is 0 Å². The summed E-state index contributed by atoms with van der Waals surface area (Å²) in [7, 11) is 0. The molecule has 1 aromatic heterocycles. The molecule has 158 valence electrons. The zero-order valence-electron chi connectivity index (χ0n) is 15.3. The first-order valence-electron chi connectivity index (χ1n) is 8.68. The van der Waals surface area contributed by atoms with E-state index in [0.29, 0.717) is 0 Å². The number of fused-ring (bicyclic) bond motifs is 1. The number of ether oxygens (including phenoxy) is 1. The van der Waals surface area contributed by atoms with E-state index in [2.05, 4.69) is 10.3 Å². The van der Waals surface area contributed by atoms with Crippen LogP contribution in [-0.2, 0) is 10.9 Å². The maximum absolute atomic E-state index is 13.7. The number of rotatable bonds is 6. The van der Waals surface area contributed by atoms with Crippen molar-refractivity contribution in [1.29, 1.82) is 0 Å². The molecule has 0 aliphatic carbocycles. The molecule has 1 atom stereocenters. The molecule has 0 radical (unpaired) electrons. The maximum atomic E-state index is 13.7. The molecule has 0 amide bonds. The predicted octanol–water partition coefficient (Wildman–Crippen LogP) is 3.65. The Morgan fingerprint density at radius 1 is 1.17 bits per heavy atom. The van der Waals surface area contributed by atoms with Crippen molar-refractivity contribution in [2.24, 2.45) is 0 Å². The number of halogens is 4. The summed E-state index contributed by atoms with van der Waals surface area (Å²) in [6.07, 6.45) is -4.73. The first-order chi connectivity index (χ1) is 14.2. The molecular weight excluding hydrogens is 408 g/mol. The molecule has 6 nitrogen and oxygen atoms in total. The highest BCUT2D eigenvalue weighted by atomic mass is 19.4. The third-order valence-corrected chi connectivity index (χ3v) is 4.16. The average Bonchev–Trinajstić information content (AvgIpc) is 2.72. The van der Waals surface area contributed by atoms with Crippen molar-refractivity contribution in [3.63, 3.8) is 0 Å². The predicted molar refractivity (Wildman–Crippen MR) is 99.8 cm³/mol. The highest BCUT2D eigenvalue weighted by Crippen LogP contribution is 2.36. The van der Waals surface area contributed by atoms with E-state index in [4.69, 9.17) is 9.84 Å². The summed E-state index contributed by atoms with van der Waals surface area (Å²) in [5.74, 6) is -1.73. The molecule has 0 saturated carbocycles. The summed E-state index contributed by atoms with van der Waals surface area (Å²) >= 11 is 0. The number of esters is 1. The lowest BCUT2D eigenvalue weighted by Crippen LogP contribution is -2.22. The summed E-state index contributed by atoms with van der Waals surface area (Å²) in [5, 5.41) is 21.1. The largest absolute Gasteiger partial charge is 0.459 e. The molecule has 0 spiro atoms. The molecule has 0 saturated heterocycles. The number of aliphatic hydroxyl groups is 2. The van der Waals surface area contributed by atoms with E-state index in [-0.39, 0.29) is 27.8 Å². The number of carbonyl (C=O) groups excluding carboxylic acids is 1. The van der Waals surface area contributed by atoms with Crippen LogP contribution >= 0.6 is 0 Å². The fourth-order valence-electron chi connectivity index (χ4n) is 2.76. The minimum atomic E-state index is -4.61. The third-order valence-electron chi connectivity index (χ3n) is 4.16. The van der Waals surface area contributed by atoms with E-state index in [1.807, 2.05) is 0 Å². The van der Waals surface area contributed by atoms with Gasteiger partial charge in [-0.2, -0.15) is 13.2 Å². The van der Waals surface area contributed by atoms with Gasteiger partial charge in [0.05, 0.1) is 28.9 Å². The van der Waals surface area contributed by atoms with Crippen molar-refractivity contribution >= 4 is 28.2 Å². The Hall–Kier alpha value is -3.24. The molecule has 3 N–H and O–H groups in total. The smallest absolute Gasteiger partial charge is 0.418 e. The van der Waals surface area contributed by atoms with E-state index in [1.54, 1.807) is 0 Å². The monoisotopic (exact) mass is 424 g/mol. The van der Waals surface area contributed by atoms with E-state index in [1.165, 1.54) is 30.5 Å². The molecular formula is C20H16F4N2O4. The summed E-state index contributed by atoms with van der Waals surface area (Å²) in [6.45, 7) is -1.15. The molecule has 10 heteroatoms. The van der Waals surface area contributed by atoms with E-state index in [0.717, 1.165) is 18.2 Å². The Kier molecular flexibility index (Phi) is 6.18. The topological polar surface area (TPSA) is 91.7 Å². The minimum Gasteiger partial charge on any atom is -0.459 e. The van der Waals surface area contributed by atoms with Crippen molar-refractivity contribution in [3.8, 4) is 0 Å². The van der Waals surface area contributed by atoms with Gasteiger partial charge >= 0.3 is 12.1 Å². The summed E-state index contributed by atoms with van der Waals surface area (Å²) in [4.78, 5) is 16.1. The molecule has 3 aromatic rings. The van der Waals surface area contributed by atoms with Crippen LogP contribution in [-0.4, -0.2) is 40.5 Å². The maximum Gasteiger partial charge on any atom is 0.418 e. The van der Waals surface area contributed by atoms with Crippen LogP contribution in [0, 0.1) is 5.82 Å².